The zero-order chi connectivity index (χ0) is 13.8. The Morgan fingerprint density at radius 2 is 2.35 bits per heavy atom. The number of nitrogens with zero attached hydrogens (tertiary/aromatic N) is 3. The second kappa shape index (κ2) is 6.15. The molecule has 1 aliphatic heterocycles. The van der Waals surface area contributed by atoms with Crippen LogP contribution in [-0.2, 0) is 11.3 Å². The second-order valence-electron chi connectivity index (χ2n) is 4.74. The summed E-state index contributed by atoms with van der Waals surface area (Å²) >= 11 is 5.25. The maximum absolute atomic E-state index is 5.54. The highest BCUT2D eigenvalue weighted by Gasteiger charge is 2.15. The molecule has 2 aromatic heterocycles. The van der Waals surface area contributed by atoms with Gasteiger partial charge in [0.2, 0.25) is 0 Å². The lowest BCUT2D eigenvalue weighted by molar-refractivity contribution is 0.114. The lowest BCUT2D eigenvalue weighted by atomic mass is 10.2. The molecule has 2 aromatic rings. The molecule has 0 unspecified atom stereocenters. The maximum atomic E-state index is 5.54. The molecule has 1 atom stereocenters. The Labute approximate surface area is 122 Å². The fourth-order valence-corrected chi connectivity index (χ4v) is 2.40. The molecule has 0 radical (unpaired) electrons. The molecule has 0 spiro atoms. The Bertz CT molecular complexity index is 593. The van der Waals surface area contributed by atoms with Crippen molar-refractivity contribution in [1.82, 2.24) is 25.2 Å². The molecule has 1 aliphatic rings. The Balaban J connectivity index is 1.49. The van der Waals surface area contributed by atoms with Gasteiger partial charge in [-0.1, -0.05) is 6.07 Å². The molecule has 0 bridgehead atoms. The smallest absolute Gasteiger partial charge is 0.166 e. The van der Waals surface area contributed by atoms with E-state index in [0.29, 0.717) is 11.7 Å². The zero-order valence-corrected chi connectivity index (χ0v) is 11.9. The van der Waals surface area contributed by atoms with Gasteiger partial charge in [0.25, 0.3) is 0 Å². The van der Waals surface area contributed by atoms with Crippen molar-refractivity contribution in [3.05, 3.63) is 30.2 Å². The summed E-state index contributed by atoms with van der Waals surface area (Å²) < 4.78 is 7.48. The highest BCUT2D eigenvalue weighted by atomic mass is 32.1. The van der Waals surface area contributed by atoms with Gasteiger partial charge in [-0.05, 0) is 37.2 Å². The van der Waals surface area contributed by atoms with E-state index >= 15 is 0 Å². The van der Waals surface area contributed by atoms with E-state index in [4.69, 9.17) is 17.0 Å². The van der Waals surface area contributed by atoms with E-state index in [1.807, 2.05) is 28.8 Å². The van der Waals surface area contributed by atoms with Crippen molar-refractivity contribution in [1.29, 1.82) is 0 Å². The van der Waals surface area contributed by atoms with Gasteiger partial charge in [-0.2, -0.15) is 0 Å². The van der Waals surface area contributed by atoms with Gasteiger partial charge >= 0.3 is 0 Å². The molecule has 0 amide bonds. The fourth-order valence-electron chi connectivity index (χ4n) is 2.25. The predicted octanol–water partition coefficient (Wildman–Crippen LogP) is 0.872. The van der Waals surface area contributed by atoms with Crippen LogP contribution in [0.3, 0.4) is 0 Å². The average Bonchev–Trinajstić information content (AvgIpc) is 3.12. The average molecular weight is 291 g/mol. The second-order valence-corrected chi connectivity index (χ2v) is 5.15. The topological polar surface area (TPSA) is 63.5 Å². The van der Waals surface area contributed by atoms with Crippen molar-refractivity contribution in [2.24, 2.45) is 0 Å². The van der Waals surface area contributed by atoms with Crippen LogP contribution in [0.4, 0.5) is 0 Å². The first kappa shape index (κ1) is 13.3. The van der Waals surface area contributed by atoms with E-state index in [1.165, 1.54) is 0 Å². The summed E-state index contributed by atoms with van der Waals surface area (Å²) in [6.07, 6.45) is 4.46. The zero-order valence-electron chi connectivity index (χ0n) is 11.1. The summed E-state index contributed by atoms with van der Waals surface area (Å²) in [4.78, 5) is 0. The number of fused-ring (bicyclic) bond motifs is 1. The first-order valence-electron chi connectivity index (χ1n) is 6.75. The van der Waals surface area contributed by atoms with E-state index in [0.717, 1.165) is 37.5 Å². The van der Waals surface area contributed by atoms with E-state index in [-0.39, 0.29) is 6.10 Å². The molecule has 1 fully saturated rings. The van der Waals surface area contributed by atoms with Crippen LogP contribution in [0.1, 0.15) is 18.7 Å². The van der Waals surface area contributed by atoms with E-state index in [2.05, 4.69) is 20.8 Å². The van der Waals surface area contributed by atoms with Gasteiger partial charge in [0.15, 0.2) is 16.6 Å². The molecule has 3 rings (SSSR count). The van der Waals surface area contributed by atoms with Gasteiger partial charge in [-0.25, -0.2) is 0 Å². The molecule has 2 N–H and O–H groups in total. The number of thiocarbonyl (C=S) groups is 1. The summed E-state index contributed by atoms with van der Waals surface area (Å²) in [5.74, 6) is 0.835. The number of nitrogens with one attached hydrogen (secondary N) is 2. The third kappa shape index (κ3) is 3.05. The van der Waals surface area contributed by atoms with Crippen molar-refractivity contribution in [2.75, 3.05) is 13.2 Å². The van der Waals surface area contributed by atoms with Gasteiger partial charge in [-0.15, -0.1) is 10.2 Å². The molecule has 0 saturated carbocycles. The van der Waals surface area contributed by atoms with Gasteiger partial charge in [0.05, 0.1) is 12.6 Å². The largest absolute Gasteiger partial charge is 0.376 e. The van der Waals surface area contributed by atoms with E-state index in [1.54, 1.807) is 0 Å². The number of hydrogen-bond donors (Lipinski definition) is 2. The number of rotatable bonds is 4. The molecular weight excluding hydrogens is 274 g/mol. The van der Waals surface area contributed by atoms with Crippen LogP contribution in [0, 0.1) is 0 Å². The molecule has 7 heteroatoms. The monoisotopic (exact) mass is 291 g/mol. The van der Waals surface area contributed by atoms with Crippen molar-refractivity contribution in [3.8, 4) is 0 Å². The van der Waals surface area contributed by atoms with Crippen LogP contribution >= 0.6 is 12.2 Å². The van der Waals surface area contributed by atoms with Crippen LogP contribution in [0.25, 0.3) is 5.65 Å². The quantitative estimate of drug-likeness (QED) is 0.815. The van der Waals surface area contributed by atoms with Crippen molar-refractivity contribution in [2.45, 2.75) is 25.5 Å². The molecule has 0 aliphatic carbocycles. The van der Waals surface area contributed by atoms with Crippen LogP contribution in [0.2, 0.25) is 0 Å². The molecular formula is C13H17N5OS. The third-order valence-electron chi connectivity index (χ3n) is 3.31. The molecule has 0 aromatic carbocycles. The molecule has 20 heavy (non-hydrogen) atoms. The molecule has 106 valence electrons. The Morgan fingerprint density at radius 1 is 1.40 bits per heavy atom. The standard InChI is InChI=1S/C13H17N5OS/c20-13(14-8-10-4-3-7-19-10)15-9-12-17-16-11-5-1-2-6-18(11)12/h1-2,5-6,10H,3-4,7-9H2,(H2,14,15,20)/t10-/m1/s1. The number of ether oxygens (including phenoxy) is 1. The summed E-state index contributed by atoms with van der Waals surface area (Å²) in [6.45, 7) is 2.16. The molecule has 6 nitrogen and oxygen atoms in total. The summed E-state index contributed by atoms with van der Waals surface area (Å²) in [7, 11) is 0. The Kier molecular flexibility index (Phi) is 4.08. The summed E-state index contributed by atoms with van der Waals surface area (Å²) in [5.41, 5.74) is 0.836. The number of aromatic nitrogens is 3. The van der Waals surface area contributed by atoms with E-state index < -0.39 is 0 Å². The Morgan fingerprint density at radius 3 is 3.20 bits per heavy atom. The normalized spacial score (nSPS) is 18.3. The van der Waals surface area contributed by atoms with Gasteiger partial charge in [-0.3, -0.25) is 4.40 Å². The Hall–Kier alpha value is -1.73. The van der Waals surface area contributed by atoms with Crippen LogP contribution < -0.4 is 10.6 Å². The maximum Gasteiger partial charge on any atom is 0.166 e. The van der Waals surface area contributed by atoms with Gasteiger partial charge in [0.1, 0.15) is 0 Å². The summed E-state index contributed by atoms with van der Waals surface area (Å²) in [5, 5.41) is 15.2. The van der Waals surface area contributed by atoms with Crippen LogP contribution in [0.15, 0.2) is 24.4 Å². The first-order chi connectivity index (χ1) is 9.83. The lowest BCUT2D eigenvalue weighted by Gasteiger charge is -2.13. The molecule has 1 saturated heterocycles. The van der Waals surface area contributed by atoms with Crippen molar-refractivity contribution in [3.63, 3.8) is 0 Å². The SMILES string of the molecule is S=C(NCc1nnc2ccccn12)NC[C@H]1CCCO1. The minimum Gasteiger partial charge on any atom is -0.376 e. The predicted molar refractivity (Wildman–Crippen MR) is 79.4 cm³/mol. The lowest BCUT2D eigenvalue weighted by Crippen LogP contribution is -2.39. The van der Waals surface area contributed by atoms with Crippen LogP contribution in [0.5, 0.6) is 0 Å². The van der Waals surface area contributed by atoms with Crippen LogP contribution in [-0.4, -0.2) is 39.0 Å². The highest BCUT2D eigenvalue weighted by Crippen LogP contribution is 2.10. The fraction of sp³-hybridized carbons (Fsp3) is 0.462. The molecule has 3 heterocycles. The summed E-state index contributed by atoms with van der Waals surface area (Å²) in [6, 6.07) is 5.81. The minimum absolute atomic E-state index is 0.281. The van der Waals surface area contributed by atoms with Gasteiger partial charge in [0, 0.05) is 19.3 Å². The minimum atomic E-state index is 0.281. The first-order valence-corrected chi connectivity index (χ1v) is 7.16. The number of pyridine rings is 1. The van der Waals surface area contributed by atoms with Crippen molar-refractivity contribution >= 4 is 23.0 Å². The third-order valence-corrected chi connectivity index (χ3v) is 3.59. The van der Waals surface area contributed by atoms with E-state index in [9.17, 15) is 0 Å². The van der Waals surface area contributed by atoms with Gasteiger partial charge < -0.3 is 15.4 Å². The highest BCUT2D eigenvalue weighted by molar-refractivity contribution is 7.80. The number of hydrogen-bond acceptors (Lipinski definition) is 4. The van der Waals surface area contributed by atoms with Crippen molar-refractivity contribution < 1.29 is 4.74 Å².